The zero-order chi connectivity index (χ0) is 21.7. The van der Waals surface area contributed by atoms with Crippen molar-refractivity contribution in [2.24, 2.45) is 0 Å². The van der Waals surface area contributed by atoms with Gasteiger partial charge in [-0.1, -0.05) is 41.9 Å². The maximum absolute atomic E-state index is 12.5. The molecule has 0 atom stereocenters. The number of carbonyl (C=O) groups excluding carboxylic acids is 2. The summed E-state index contributed by atoms with van der Waals surface area (Å²) in [6.45, 7) is 5.61. The van der Waals surface area contributed by atoms with E-state index in [0.717, 1.165) is 16.8 Å². The Morgan fingerprint density at radius 1 is 1.00 bits per heavy atom. The van der Waals surface area contributed by atoms with Gasteiger partial charge in [-0.2, -0.15) is 5.10 Å². The molecule has 1 aromatic heterocycles. The van der Waals surface area contributed by atoms with Gasteiger partial charge in [0.25, 0.3) is 0 Å². The van der Waals surface area contributed by atoms with Gasteiger partial charge in [0.2, 0.25) is 11.8 Å². The van der Waals surface area contributed by atoms with Crippen molar-refractivity contribution in [1.82, 2.24) is 20.4 Å². The molecule has 0 unspecified atom stereocenters. The molecule has 6 nitrogen and oxygen atoms in total. The molecule has 156 valence electrons. The van der Waals surface area contributed by atoms with Crippen LogP contribution in [0.15, 0.2) is 60.8 Å². The maximum Gasteiger partial charge on any atom is 0.239 e. The first-order chi connectivity index (χ1) is 14.2. The smallest absolute Gasteiger partial charge is 0.239 e. The lowest BCUT2D eigenvalue weighted by molar-refractivity contribution is -0.126. The number of benzene rings is 2. The minimum atomic E-state index is -0.347. The van der Waals surface area contributed by atoms with Crippen LogP contribution >= 0.6 is 11.6 Å². The third-order valence-corrected chi connectivity index (χ3v) is 4.49. The van der Waals surface area contributed by atoms with Crippen LogP contribution in [0.2, 0.25) is 5.02 Å². The van der Waals surface area contributed by atoms with Crippen molar-refractivity contribution in [3.8, 4) is 16.9 Å². The summed E-state index contributed by atoms with van der Waals surface area (Å²) in [7, 11) is 0. The third kappa shape index (κ3) is 5.94. The van der Waals surface area contributed by atoms with E-state index in [9.17, 15) is 9.59 Å². The van der Waals surface area contributed by atoms with Gasteiger partial charge in [0.05, 0.1) is 24.3 Å². The molecule has 0 spiro atoms. The van der Waals surface area contributed by atoms with E-state index in [4.69, 9.17) is 16.7 Å². The molecular formula is C23H25ClN4O2. The Bertz CT molecular complexity index is 1020. The Balaban J connectivity index is 1.80. The average molecular weight is 425 g/mol. The molecule has 30 heavy (non-hydrogen) atoms. The van der Waals surface area contributed by atoms with Gasteiger partial charge in [-0.05, 0) is 45.0 Å². The SMILES string of the molecule is CC(C)(C)NC(=O)CNC(=O)Cc1cn(-c2ccccc2)nc1-c1ccc(Cl)cc1. The summed E-state index contributed by atoms with van der Waals surface area (Å²) in [5.74, 6) is -0.476. The number of aromatic nitrogens is 2. The van der Waals surface area contributed by atoms with Gasteiger partial charge >= 0.3 is 0 Å². The summed E-state index contributed by atoms with van der Waals surface area (Å²) in [4.78, 5) is 24.5. The fraction of sp³-hybridized carbons (Fsp3) is 0.261. The second-order valence-electron chi connectivity index (χ2n) is 8.04. The minimum absolute atomic E-state index is 0.0702. The number of halogens is 1. The summed E-state index contributed by atoms with van der Waals surface area (Å²) in [5, 5.41) is 10.8. The van der Waals surface area contributed by atoms with Gasteiger partial charge in [-0.15, -0.1) is 0 Å². The number of nitrogens with one attached hydrogen (secondary N) is 2. The van der Waals surface area contributed by atoms with Crippen molar-refractivity contribution >= 4 is 23.4 Å². The Morgan fingerprint density at radius 3 is 2.30 bits per heavy atom. The molecule has 1 heterocycles. The Kier molecular flexibility index (Phi) is 6.57. The van der Waals surface area contributed by atoms with Crippen LogP contribution in [0.25, 0.3) is 16.9 Å². The topological polar surface area (TPSA) is 76.0 Å². The van der Waals surface area contributed by atoms with Crippen LogP contribution in [0, 0.1) is 0 Å². The van der Waals surface area contributed by atoms with Crippen LogP contribution in [0.3, 0.4) is 0 Å². The predicted octanol–water partition coefficient (Wildman–Crippen LogP) is 3.77. The number of carbonyl (C=O) groups is 2. The van der Waals surface area contributed by atoms with Crippen LogP contribution in [0.5, 0.6) is 0 Å². The molecule has 0 saturated heterocycles. The fourth-order valence-electron chi connectivity index (χ4n) is 2.98. The lowest BCUT2D eigenvalue weighted by Crippen LogP contribution is -2.46. The van der Waals surface area contributed by atoms with Crippen molar-refractivity contribution in [3.63, 3.8) is 0 Å². The highest BCUT2D eigenvalue weighted by atomic mass is 35.5. The molecule has 0 saturated carbocycles. The zero-order valence-corrected chi connectivity index (χ0v) is 18.0. The average Bonchev–Trinajstić information content (AvgIpc) is 3.10. The quantitative estimate of drug-likeness (QED) is 0.632. The molecular weight excluding hydrogens is 400 g/mol. The summed E-state index contributed by atoms with van der Waals surface area (Å²) in [6.07, 6.45) is 1.95. The van der Waals surface area contributed by atoms with E-state index in [-0.39, 0.29) is 30.3 Å². The highest BCUT2D eigenvalue weighted by molar-refractivity contribution is 6.30. The Labute approximate surface area is 181 Å². The van der Waals surface area contributed by atoms with E-state index in [2.05, 4.69) is 10.6 Å². The highest BCUT2D eigenvalue weighted by Gasteiger charge is 2.17. The summed E-state index contributed by atoms with van der Waals surface area (Å²) >= 11 is 6.01. The second-order valence-corrected chi connectivity index (χ2v) is 8.48. The molecule has 0 aliphatic rings. The lowest BCUT2D eigenvalue weighted by Gasteiger charge is -2.20. The van der Waals surface area contributed by atoms with E-state index in [0.29, 0.717) is 10.7 Å². The molecule has 2 aromatic carbocycles. The Hall–Kier alpha value is -3.12. The molecule has 3 rings (SSSR count). The first-order valence-corrected chi connectivity index (χ1v) is 10.1. The van der Waals surface area contributed by atoms with Crippen LogP contribution in [0.1, 0.15) is 26.3 Å². The van der Waals surface area contributed by atoms with Crippen LogP contribution in [0.4, 0.5) is 0 Å². The summed E-state index contributed by atoms with van der Waals surface area (Å²) in [5.41, 5.74) is 2.87. The molecule has 2 amide bonds. The number of hydrogen-bond donors (Lipinski definition) is 2. The number of rotatable bonds is 6. The van der Waals surface area contributed by atoms with Gasteiger partial charge in [-0.25, -0.2) is 4.68 Å². The van der Waals surface area contributed by atoms with E-state index in [1.54, 1.807) is 16.8 Å². The van der Waals surface area contributed by atoms with Gasteiger partial charge in [0.15, 0.2) is 0 Å². The molecule has 0 aliphatic carbocycles. The van der Waals surface area contributed by atoms with Gasteiger partial charge in [0.1, 0.15) is 0 Å². The molecule has 3 aromatic rings. The van der Waals surface area contributed by atoms with Crippen molar-refractivity contribution < 1.29 is 9.59 Å². The highest BCUT2D eigenvalue weighted by Crippen LogP contribution is 2.25. The van der Waals surface area contributed by atoms with Crippen LogP contribution < -0.4 is 10.6 Å². The molecule has 0 radical (unpaired) electrons. The third-order valence-electron chi connectivity index (χ3n) is 4.24. The number of hydrogen-bond acceptors (Lipinski definition) is 3. The lowest BCUT2D eigenvalue weighted by atomic mass is 10.1. The number of nitrogens with zero attached hydrogens (tertiary/aromatic N) is 2. The van der Waals surface area contributed by atoms with E-state index >= 15 is 0 Å². The number of para-hydroxylation sites is 1. The predicted molar refractivity (Wildman–Crippen MR) is 119 cm³/mol. The van der Waals surface area contributed by atoms with E-state index in [1.807, 2.05) is 69.4 Å². The normalized spacial score (nSPS) is 11.2. The molecule has 7 heteroatoms. The maximum atomic E-state index is 12.5. The van der Waals surface area contributed by atoms with Crippen molar-refractivity contribution in [2.45, 2.75) is 32.7 Å². The van der Waals surface area contributed by atoms with Crippen molar-refractivity contribution in [1.29, 1.82) is 0 Å². The minimum Gasteiger partial charge on any atom is -0.350 e. The Morgan fingerprint density at radius 2 is 1.67 bits per heavy atom. The monoisotopic (exact) mass is 424 g/mol. The van der Waals surface area contributed by atoms with Crippen LogP contribution in [-0.4, -0.2) is 33.7 Å². The van der Waals surface area contributed by atoms with Gasteiger partial charge in [0, 0.05) is 27.9 Å². The van der Waals surface area contributed by atoms with E-state index < -0.39 is 0 Å². The van der Waals surface area contributed by atoms with Crippen LogP contribution in [-0.2, 0) is 16.0 Å². The van der Waals surface area contributed by atoms with Crippen molar-refractivity contribution in [2.75, 3.05) is 6.54 Å². The first kappa shape index (κ1) is 21.6. The summed E-state index contributed by atoms with van der Waals surface area (Å²) < 4.78 is 1.75. The zero-order valence-electron chi connectivity index (χ0n) is 17.3. The van der Waals surface area contributed by atoms with Crippen molar-refractivity contribution in [3.05, 3.63) is 71.4 Å². The number of amides is 2. The summed E-state index contributed by atoms with van der Waals surface area (Å²) in [6, 6.07) is 17.0. The second kappa shape index (κ2) is 9.13. The molecule has 0 aliphatic heterocycles. The first-order valence-electron chi connectivity index (χ1n) is 9.69. The largest absolute Gasteiger partial charge is 0.350 e. The standard InChI is InChI=1S/C23H25ClN4O2/c1-23(2,3)26-21(30)14-25-20(29)13-17-15-28(19-7-5-4-6-8-19)27-22(17)16-9-11-18(24)12-10-16/h4-12,15H,13-14H2,1-3H3,(H,25,29)(H,26,30). The molecule has 0 fully saturated rings. The fourth-order valence-corrected chi connectivity index (χ4v) is 3.11. The van der Waals surface area contributed by atoms with Gasteiger partial charge < -0.3 is 10.6 Å². The van der Waals surface area contributed by atoms with Gasteiger partial charge in [-0.3, -0.25) is 9.59 Å². The molecule has 2 N–H and O–H groups in total. The van der Waals surface area contributed by atoms with E-state index in [1.165, 1.54) is 0 Å². The molecule has 0 bridgehead atoms.